The van der Waals surface area contributed by atoms with E-state index in [9.17, 15) is 9.90 Å². The van der Waals surface area contributed by atoms with Crippen LogP contribution in [0.2, 0.25) is 0 Å². The molecule has 98 valence electrons. The van der Waals surface area contributed by atoms with E-state index in [1.165, 1.54) is 5.56 Å². The number of aliphatic carboxylic acids is 1. The lowest BCUT2D eigenvalue weighted by Crippen LogP contribution is -2.34. The first-order valence-corrected chi connectivity index (χ1v) is 6.66. The molecule has 1 aromatic carbocycles. The van der Waals surface area contributed by atoms with Crippen molar-refractivity contribution in [3.05, 3.63) is 35.9 Å². The topological polar surface area (TPSA) is 40.5 Å². The minimum Gasteiger partial charge on any atom is -0.481 e. The lowest BCUT2D eigenvalue weighted by Gasteiger charge is -2.24. The van der Waals surface area contributed by atoms with Crippen molar-refractivity contribution >= 4 is 5.97 Å². The number of carboxylic acid groups (broad SMARTS) is 1. The SMILES string of the molecule is CCCC1(C(=O)O)CCN(Cc2ccccc2)C1. The minimum atomic E-state index is -0.625. The number of likely N-dealkylation sites (tertiary alicyclic amines) is 1. The number of rotatable bonds is 5. The average molecular weight is 247 g/mol. The van der Waals surface area contributed by atoms with Gasteiger partial charge in [-0.3, -0.25) is 9.69 Å². The summed E-state index contributed by atoms with van der Waals surface area (Å²) in [7, 11) is 0. The predicted octanol–water partition coefficient (Wildman–Crippen LogP) is 2.76. The van der Waals surface area contributed by atoms with E-state index >= 15 is 0 Å². The molecule has 1 heterocycles. The Morgan fingerprint density at radius 2 is 2.11 bits per heavy atom. The van der Waals surface area contributed by atoms with E-state index in [4.69, 9.17) is 0 Å². The van der Waals surface area contributed by atoms with Gasteiger partial charge < -0.3 is 5.11 Å². The van der Waals surface area contributed by atoms with E-state index in [0.717, 1.165) is 32.4 Å². The molecule has 3 nitrogen and oxygen atoms in total. The molecular weight excluding hydrogens is 226 g/mol. The number of carboxylic acids is 1. The van der Waals surface area contributed by atoms with Crippen LogP contribution in [0.1, 0.15) is 31.7 Å². The maximum Gasteiger partial charge on any atom is 0.310 e. The molecular formula is C15H21NO2. The molecule has 0 aliphatic carbocycles. The van der Waals surface area contributed by atoms with Gasteiger partial charge in [0.15, 0.2) is 0 Å². The van der Waals surface area contributed by atoms with Crippen LogP contribution in [0.15, 0.2) is 30.3 Å². The van der Waals surface area contributed by atoms with Crippen LogP contribution >= 0.6 is 0 Å². The van der Waals surface area contributed by atoms with Crippen molar-refractivity contribution < 1.29 is 9.90 Å². The van der Waals surface area contributed by atoms with Crippen LogP contribution in [0.5, 0.6) is 0 Å². The van der Waals surface area contributed by atoms with Crippen molar-refractivity contribution in [2.24, 2.45) is 5.41 Å². The first-order valence-electron chi connectivity index (χ1n) is 6.66. The van der Waals surface area contributed by atoms with Gasteiger partial charge in [0, 0.05) is 13.1 Å². The van der Waals surface area contributed by atoms with Crippen LogP contribution < -0.4 is 0 Å². The zero-order chi connectivity index (χ0) is 13.0. The second-order valence-electron chi connectivity index (χ2n) is 5.28. The summed E-state index contributed by atoms with van der Waals surface area (Å²) < 4.78 is 0. The summed E-state index contributed by atoms with van der Waals surface area (Å²) in [5, 5.41) is 9.45. The van der Waals surface area contributed by atoms with Crippen molar-refractivity contribution in [3.63, 3.8) is 0 Å². The summed E-state index contributed by atoms with van der Waals surface area (Å²) in [4.78, 5) is 13.7. The van der Waals surface area contributed by atoms with Crippen LogP contribution in [0.25, 0.3) is 0 Å². The highest BCUT2D eigenvalue weighted by Crippen LogP contribution is 2.36. The van der Waals surface area contributed by atoms with E-state index in [2.05, 4.69) is 24.0 Å². The van der Waals surface area contributed by atoms with Gasteiger partial charge in [-0.2, -0.15) is 0 Å². The molecule has 1 N–H and O–H groups in total. The van der Waals surface area contributed by atoms with Crippen molar-refractivity contribution in [2.45, 2.75) is 32.7 Å². The van der Waals surface area contributed by atoms with Gasteiger partial charge in [0.25, 0.3) is 0 Å². The lowest BCUT2D eigenvalue weighted by molar-refractivity contribution is -0.148. The Hall–Kier alpha value is -1.35. The van der Waals surface area contributed by atoms with Crippen molar-refractivity contribution in [1.29, 1.82) is 0 Å². The molecule has 0 saturated carbocycles. The number of hydrogen-bond donors (Lipinski definition) is 1. The van der Waals surface area contributed by atoms with Crippen LogP contribution in [0, 0.1) is 5.41 Å². The molecule has 2 rings (SSSR count). The van der Waals surface area contributed by atoms with Gasteiger partial charge in [-0.1, -0.05) is 43.7 Å². The van der Waals surface area contributed by atoms with Gasteiger partial charge in [-0.25, -0.2) is 0 Å². The maximum absolute atomic E-state index is 11.5. The Balaban J connectivity index is 2.01. The van der Waals surface area contributed by atoms with E-state index in [1.807, 2.05) is 18.2 Å². The summed E-state index contributed by atoms with van der Waals surface area (Å²) in [6.07, 6.45) is 2.50. The third kappa shape index (κ3) is 2.72. The molecule has 1 aliphatic heterocycles. The van der Waals surface area contributed by atoms with Crippen molar-refractivity contribution in [3.8, 4) is 0 Å². The van der Waals surface area contributed by atoms with E-state index < -0.39 is 11.4 Å². The quantitative estimate of drug-likeness (QED) is 0.869. The molecule has 1 aliphatic rings. The van der Waals surface area contributed by atoms with Gasteiger partial charge in [0.2, 0.25) is 0 Å². The molecule has 0 radical (unpaired) electrons. The summed E-state index contributed by atoms with van der Waals surface area (Å²) in [6, 6.07) is 10.3. The fourth-order valence-electron chi connectivity index (χ4n) is 2.90. The molecule has 1 fully saturated rings. The van der Waals surface area contributed by atoms with Gasteiger partial charge in [-0.05, 0) is 24.9 Å². The van der Waals surface area contributed by atoms with Crippen LogP contribution in [-0.2, 0) is 11.3 Å². The van der Waals surface area contributed by atoms with Gasteiger partial charge in [0.1, 0.15) is 0 Å². The van der Waals surface area contributed by atoms with Crippen molar-refractivity contribution in [2.75, 3.05) is 13.1 Å². The smallest absolute Gasteiger partial charge is 0.310 e. The lowest BCUT2D eigenvalue weighted by atomic mass is 9.83. The highest BCUT2D eigenvalue weighted by molar-refractivity contribution is 5.75. The molecule has 1 saturated heterocycles. The monoisotopic (exact) mass is 247 g/mol. The summed E-state index contributed by atoms with van der Waals surface area (Å²) in [5.41, 5.74) is 0.749. The van der Waals surface area contributed by atoms with Crippen molar-refractivity contribution in [1.82, 2.24) is 4.90 Å². The first kappa shape index (κ1) is 13.1. The van der Waals surface area contributed by atoms with Crippen LogP contribution in [-0.4, -0.2) is 29.1 Å². The fraction of sp³-hybridized carbons (Fsp3) is 0.533. The average Bonchev–Trinajstić information content (AvgIpc) is 2.76. The first-order chi connectivity index (χ1) is 8.66. The normalized spacial score (nSPS) is 24.3. The third-order valence-electron chi connectivity index (χ3n) is 3.86. The molecule has 0 spiro atoms. The van der Waals surface area contributed by atoms with Gasteiger partial charge in [-0.15, -0.1) is 0 Å². The molecule has 3 heteroatoms. The Kier molecular flexibility index (Phi) is 4.02. The Morgan fingerprint density at radius 1 is 1.39 bits per heavy atom. The number of hydrogen-bond acceptors (Lipinski definition) is 2. The largest absolute Gasteiger partial charge is 0.481 e. The van der Waals surface area contributed by atoms with Crippen LogP contribution in [0.4, 0.5) is 0 Å². The predicted molar refractivity (Wildman–Crippen MR) is 71.3 cm³/mol. The Bertz CT molecular complexity index is 404. The number of nitrogens with zero attached hydrogens (tertiary/aromatic N) is 1. The Morgan fingerprint density at radius 3 is 2.72 bits per heavy atom. The van der Waals surface area contributed by atoms with Gasteiger partial charge >= 0.3 is 5.97 Å². The molecule has 0 bridgehead atoms. The fourth-order valence-corrected chi connectivity index (χ4v) is 2.90. The molecule has 1 unspecified atom stereocenters. The third-order valence-corrected chi connectivity index (χ3v) is 3.86. The standard InChI is InChI=1S/C15H21NO2/c1-2-8-15(14(17)18)9-10-16(12-15)11-13-6-4-3-5-7-13/h3-7H,2,8-12H2,1H3,(H,17,18). The Labute approximate surface area is 108 Å². The highest BCUT2D eigenvalue weighted by Gasteiger charge is 2.43. The molecule has 1 atom stereocenters. The zero-order valence-corrected chi connectivity index (χ0v) is 10.9. The van der Waals surface area contributed by atoms with E-state index in [-0.39, 0.29) is 0 Å². The summed E-state index contributed by atoms with van der Waals surface area (Å²) >= 11 is 0. The summed E-state index contributed by atoms with van der Waals surface area (Å²) in [6.45, 7) is 4.50. The van der Waals surface area contributed by atoms with E-state index in [1.54, 1.807) is 0 Å². The molecule has 18 heavy (non-hydrogen) atoms. The number of carbonyl (C=O) groups is 1. The highest BCUT2D eigenvalue weighted by atomic mass is 16.4. The summed E-state index contributed by atoms with van der Waals surface area (Å²) in [5.74, 6) is -0.625. The molecule has 0 amide bonds. The minimum absolute atomic E-state index is 0.510. The second kappa shape index (κ2) is 5.53. The zero-order valence-electron chi connectivity index (χ0n) is 10.9. The second-order valence-corrected chi connectivity index (χ2v) is 5.28. The number of benzene rings is 1. The molecule has 0 aromatic heterocycles. The maximum atomic E-state index is 11.5. The van der Waals surface area contributed by atoms with E-state index in [0.29, 0.717) is 6.54 Å². The van der Waals surface area contributed by atoms with Crippen LogP contribution in [0.3, 0.4) is 0 Å². The molecule has 1 aromatic rings. The van der Waals surface area contributed by atoms with Gasteiger partial charge in [0.05, 0.1) is 5.41 Å².